The standard InChI is InChI=1S/C14H17BFN3O4/c1-14(2,4-3-10(21)11(15)17)5-8(20)7-19-12(22)9(16)6-18-13(19)23/h6,17H,3-5,7H2,1-2H3,(H,18,23). The van der Waals surface area contributed by atoms with Gasteiger partial charge in [0.25, 0.3) is 5.56 Å². The third-order valence-corrected chi connectivity index (χ3v) is 3.36. The van der Waals surface area contributed by atoms with Crippen LogP contribution in [0.3, 0.4) is 0 Å². The van der Waals surface area contributed by atoms with E-state index in [1.807, 2.05) is 4.98 Å². The van der Waals surface area contributed by atoms with Gasteiger partial charge in [-0.3, -0.25) is 19.0 Å². The normalized spacial score (nSPS) is 11.3. The van der Waals surface area contributed by atoms with Crippen molar-refractivity contribution in [3.8, 4) is 0 Å². The van der Waals surface area contributed by atoms with Crippen LogP contribution in [-0.4, -0.2) is 34.6 Å². The summed E-state index contributed by atoms with van der Waals surface area (Å²) in [5, 5.41) is 7.02. The summed E-state index contributed by atoms with van der Waals surface area (Å²) >= 11 is 0. The van der Waals surface area contributed by atoms with Gasteiger partial charge in [0.15, 0.2) is 11.6 Å². The average molecular weight is 321 g/mol. The van der Waals surface area contributed by atoms with E-state index in [4.69, 9.17) is 13.3 Å². The van der Waals surface area contributed by atoms with Crippen LogP contribution < -0.4 is 11.2 Å². The van der Waals surface area contributed by atoms with Crippen LogP contribution in [0, 0.1) is 16.6 Å². The molecule has 1 aromatic heterocycles. The Balaban J connectivity index is 2.75. The first-order valence-corrected chi connectivity index (χ1v) is 6.90. The number of aromatic amines is 1. The Hall–Kier alpha value is -2.32. The predicted molar refractivity (Wildman–Crippen MR) is 82.4 cm³/mol. The van der Waals surface area contributed by atoms with Crippen molar-refractivity contribution in [1.29, 1.82) is 5.41 Å². The van der Waals surface area contributed by atoms with E-state index in [1.54, 1.807) is 13.8 Å². The highest BCUT2D eigenvalue weighted by Gasteiger charge is 2.24. The van der Waals surface area contributed by atoms with Crippen molar-refractivity contribution in [2.45, 2.75) is 39.7 Å². The number of ketones is 2. The number of aromatic nitrogens is 2. The fourth-order valence-electron chi connectivity index (χ4n) is 2.07. The van der Waals surface area contributed by atoms with E-state index in [0.717, 1.165) is 0 Å². The van der Waals surface area contributed by atoms with Gasteiger partial charge in [0.05, 0.1) is 6.54 Å². The predicted octanol–water partition coefficient (Wildman–Crippen LogP) is 0.156. The van der Waals surface area contributed by atoms with E-state index in [9.17, 15) is 23.6 Å². The Kier molecular flexibility index (Phi) is 5.95. The topological polar surface area (TPSA) is 113 Å². The van der Waals surface area contributed by atoms with Crippen LogP contribution in [0.4, 0.5) is 4.39 Å². The van der Waals surface area contributed by atoms with Gasteiger partial charge in [0, 0.05) is 24.6 Å². The molecule has 122 valence electrons. The Morgan fingerprint density at radius 3 is 2.57 bits per heavy atom. The molecule has 0 amide bonds. The van der Waals surface area contributed by atoms with Gasteiger partial charge in [0.2, 0.25) is 5.82 Å². The summed E-state index contributed by atoms with van der Waals surface area (Å²) in [6, 6.07) is 0. The van der Waals surface area contributed by atoms with Gasteiger partial charge < -0.3 is 10.4 Å². The average Bonchev–Trinajstić information content (AvgIpc) is 2.44. The largest absolute Gasteiger partial charge is 0.328 e. The second-order valence-corrected chi connectivity index (χ2v) is 6.05. The number of H-pyrrole nitrogens is 1. The van der Waals surface area contributed by atoms with E-state index in [-0.39, 0.29) is 12.8 Å². The van der Waals surface area contributed by atoms with Crippen LogP contribution in [0.15, 0.2) is 15.8 Å². The van der Waals surface area contributed by atoms with E-state index < -0.39 is 46.2 Å². The van der Waals surface area contributed by atoms with Crippen molar-refractivity contribution in [2.24, 2.45) is 5.41 Å². The number of hydrogen-bond acceptors (Lipinski definition) is 5. The van der Waals surface area contributed by atoms with Crippen molar-refractivity contribution in [3.05, 3.63) is 32.9 Å². The molecule has 7 nitrogen and oxygen atoms in total. The van der Waals surface area contributed by atoms with Crippen LogP contribution in [0.1, 0.15) is 33.1 Å². The number of nitrogens with zero attached hydrogens (tertiary/aromatic N) is 1. The summed E-state index contributed by atoms with van der Waals surface area (Å²) in [6.45, 7) is 2.92. The third-order valence-electron chi connectivity index (χ3n) is 3.36. The minimum absolute atomic E-state index is 0.0133. The van der Waals surface area contributed by atoms with Gasteiger partial charge in [-0.25, -0.2) is 4.79 Å². The highest BCUT2D eigenvalue weighted by Crippen LogP contribution is 2.27. The summed E-state index contributed by atoms with van der Waals surface area (Å²) in [5.41, 5.74) is -3.16. The molecule has 0 spiro atoms. The molecule has 2 radical (unpaired) electrons. The maximum atomic E-state index is 13.1. The number of carbonyl (C=O) groups is 2. The molecule has 0 fully saturated rings. The fourth-order valence-corrected chi connectivity index (χ4v) is 2.07. The number of rotatable bonds is 8. The summed E-state index contributed by atoms with van der Waals surface area (Å²) in [7, 11) is 5.07. The van der Waals surface area contributed by atoms with Crippen LogP contribution in [0.25, 0.3) is 0 Å². The summed E-state index contributed by atoms with van der Waals surface area (Å²) < 4.78 is 13.6. The second-order valence-electron chi connectivity index (χ2n) is 6.05. The fraction of sp³-hybridized carbons (Fsp3) is 0.500. The van der Waals surface area contributed by atoms with E-state index in [0.29, 0.717) is 17.2 Å². The lowest BCUT2D eigenvalue weighted by atomic mass is 9.80. The summed E-state index contributed by atoms with van der Waals surface area (Å²) in [5.74, 6) is -2.10. The van der Waals surface area contributed by atoms with Gasteiger partial charge in [-0.05, 0) is 11.8 Å². The lowest BCUT2D eigenvalue weighted by molar-refractivity contribution is -0.122. The molecule has 0 atom stereocenters. The van der Waals surface area contributed by atoms with Crippen LogP contribution >= 0.6 is 0 Å². The molecule has 1 rings (SSSR count). The third kappa shape index (κ3) is 5.43. The SMILES string of the molecule is [B]C(=N)C(=O)CCC(C)(C)CC(=O)Cn1c(=O)[nH]cc(F)c1=O. The number of hydrogen-bond donors (Lipinski definition) is 2. The lowest BCUT2D eigenvalue weighted by Gasteiger charge is -2.23. The van der Waals surface area contributed by atoms with Crippen molar-refractivity contribution in [1.82, 2.24) is 9.55 Å². The highest BCUT2D eigenvalue weighted by molar-refractivity contribution is 6.78. The van der Waals surface area contributed by atoms with Crippen molar-refractivity contribution < 1.29 is 14.0 Å². The molecule has 0 aliphatic heterocycles. The molecule has 0 unspecified atom stereocenters. The van der Waals surface area contributed by atoms with Gasteiger partial charge in [-0.1, -0.05) is 13.8 Å². The van der Waals surface area contributed by atoms with Gasteiger partial charge in [-0.2, -0.15) is 4.39 Å². The van der Waals surface area contributed by atoms with Crippen LogP contribution in [-0.2, 0) is 16.1 Å². The first-order chi connectivity index (χ1) is 10.5. The highest BCUT2D eigenvalue weighted by atomic mass is 19.1. The van der Waals surface area contributed by atoms with Gasteiger partial charge in [0.1, 0.15) is 7.85 Å². The summed E-state index contributed by atoms with van der Waals surface area (Å²) in [4.78, 5) is 48.4. The Labute approximate surface area is 132 Å². The lowest BCUT2D eigenvalue weighted by Crippen LogP contribution is -2.39. The number of carbonyl (C=O) groups excluding carboxylic acids is 2. The Bertz CT molecular complexity index is 751. The number of halogens is 1. The van der Waals surface area contributed by atoms with Crippen molar-refractivity contribution in [2.75, 3.05) is 0 Å². The molecule has 2 N–H and O–H groups in total. The minimum Gasteiger partial charge on any atom is -0.313 e. The van der Waals surface area contributed by atoms with Gasteiger partial charge >= 0.3 is 5.69 Å². The minimum atomic E-state index is -1.16. The molecular formula is C14H17BFN3O4. The first-order valence-electron chi connectivity index (χ1n) is 6.90. The quantitative estimate of drug-likeness (QED) is 0.524. The molecule has 0 aliphatic rings. The Morgan fingerprint density at radius 2 is 2.00 bits per heavy atom. The molecule has 23 heavy (non-hydrogen) atoms. The van der Waals surface area contributed by atoms with Crippen molar-refractivity contribution in [3.63, 3.8) is 0 Å². The molecule has 1 aromatic rings. The van der Waals surface area contributed by atoms with E-state index in [2.05, 4.69) is 0 Å². The molecule has 0 aliphatic carbocycles. The maximum absolute atomic E-state index is 13.1. The summed E-state index contributed by atoms with van der Waals surface area (Å²) in [6.07, 6.45) is 0.963. The van der Waals surface area contributed by atoms with E-state index >= 15 is 0 Å². The number of Topliss-reactive ketones (excluding diaryl/α,β-unsaturated/α-hetero) is 2. The molecular weight excluding hydrogens is 304 g/mol. The number of nitrogens with one attached hydrogen (secondary N) is 2. The molecule has 9 heteroatoms. The van der Waals surface area contributed by atoms with E-state index in [1.165, 1.54) is 0 Å². The molecule has 0 saturated heterocycles. The van der Waals surface area contributed by atoms with Gasteiger partial charge in [-0.15, -0.1) is 0 Å². The first kappa shape index (κ1) is 18.7. The zero-order valence-electron chi connectivity index (χ0n) is 12.9. The monoisotopic (exact) mass is 321 g/mol. The van der Waals surface area contributed by atoms with Crippen molar-refractivity contribution >= 4 is 25.0 Å². The second kappa shape index (κ2) is 7.30. The molecule has 0 bridgehead atoms. The maximum Gasteiger partial charge on any atom is 0.328 e. The zero-order valence-corrected chi connectivity index (χ0v) is 12.9. The molecule has 0 aromatic carbocycles. The smallest absolute Gasteiger partial charge is 0.313 e. The zero-order chi connectivity index (χ0) is 17.8. The molecule has 0 saturated carbocycles. The molecule has 1 heterocycles. The van der Waals surface area contributed by atoms with Crippen LogP contribution in [0.5, 0.6) is 0 Å². The van der Waals surface area contributed by atoms with Crippen LogP contribution in [0.2, 0.25) is 0 Å². The Morgan fingerprint density at radius 1 is 1.39 bits per heavy atom.